The summed E-state index contributed by atoms with van der Waals surface area (Å²) in [6.07, 6.45) is 6.73. The highest BCUT2D eigenvalue weighted by Crippen LogP contribution is 2.27. The average molecular weight is 225 g/mol. The van der Waals surface area contributed by atoms with Crippen molar-refractivity contribution >= 4 is 28.9 Å². The van der Waals surface area contributed by atoms with Crippen LogP contribution >= 0.6 is 22.2 Å². The van der Waals surface area contributed by atoms with E-state index in [1.807, 2.05) is 6.08 Å². The maximum atomic E-state index is 6.12. The molecule has 0 unspecified atom stereocenters. The molecule has 0 aromatic heterocycles. The van der Waals surface area contributed by atoms with Gasteiger partial charge in [-0.25, -0.2) is 0 Å². The Morgan fingerprint density at radius 1 is 1.25 bits per heavy atom. The Morgan fingerprint density at radius 3 is 2.42 bits per heavy atom. The van der Waals surface area contributed by atoms with Crippen LogP contribution in [0.3, 0.4) is 0 Å². The van der Waals surface area contributed by atoms with E-state index in [1.165, 1.54) is 19.3 Å². The third-order valence-electron chi connectivity index (χ3n) is 1.97. The summed E-state index contributed by atoms with van der Waals surface area (Å²) in [5, 5.41) is 0. The summed E-state index contributed by atoms with van der Waals surface area (Å²) in [6, 6.07) is 2.02. The van der Waals surface area contributed by atoms with Crippen LogP contribution in [-0.2, 0) is 0 Å². The van der Waals surface area contributed by atoms with Gasteiger partial charge in [0, 0.05) is 0 Å². The molecule has 0 spiro atoms. The third-order valence-corrected chi connectivity index (χ3v) is 6.83. The molecule has 0 rings (SSSR count). The lowest BCUT2D eigenvalue weighted by Gasteiger charge is -2.12. The summed E-state index contributed by atoms with van der Waals surface area (Å²) in [6.45, 7) is 3.94. The Labute approximate surface area is 86.4 Å². The Hall–Kier alpha value is 0.537. The van der Waals surface area contributed by atoms with E-state index in [1.54, 1.807) is 0 Å². The lowest BCUT2D eigenvalue weighted by Crippen LogP contribution is -2.16. The molecular weight excluding hydrogens is 207 g/mol. The van der Waals surface area contributed by atoms with Gasteiger partial charge in [-0.05, 0) is 24.9 Å². The summed E-state index contributed by atoms with van der Waals surface area (Å²) < 4.78 is 0. The van der Waals surface area contributed by atoms with Crippen molar-refractivity contribution in [2.75, 3.05) is 0 Å². The zero-order valence-electron chi connectivity index (χ0n) is 7.78. The molecule has 0 bridgehead atoms. The van der Waals surface area contributed by atoms with Crippen LogP contribution in [0.5, 0.6) is 0 Å². The van der Waals surface area contributed by atoms with Gasteiger partial charge in [-0.15, -0.1) is 28.7 Å². The Morgan fingerprint density at radius 2 is 1.92 bits per heavy atom. The van der Waals surface area contributed by atoms with Gasteiger partial charge >= 0.3 is 0 Å². The molecule has 0 aromatic rings. The molecular formula is C9H18Cl2Si. The molecule has 0 heterocycles. The first-order chi connectivity index (χ1) is 5.62. The molecule has 0 amide bonds. The lowest BCUT2D eigenvalue weighted by molar-refractivity contribution is 0.725. The molecule has 0 saturated carbocycles. The monoisotopic (exact) mass is 224 g/mol. The zero-order valence-corrected chi connectivity index (χ0v) is 10.3. The van der Waals surface area contributed by atoms with E-state index in [2.05, 4.69) is 13.5 Å². The van der Waals surface area contributed by atoms with Crippen LogP contribution in [0.2, 0.25) is 12.1 Å². The first kappa shape index (κ1) is 12.5. The highest BCUT2D eigenvalue weighted by atomic mass is 35.7. The Kier molecular flexibility index (Phi) is 7.30. The maximum Gasteiger partial charge on any atom is 0.251 e. The summed E-state index contributed by atoms with van der Waals surface area (Å²) in [5.74, 6) is 0. The van der Waals surface area contributed by atoms with Crippen molar-refractivity contribution in [3.05, 3.63) is 12.7 Å². The fourth-order valence-corrected chi connectivity index (χ4v) is 2.95. The molecule has 0 N–H and O–H groups in total. The maximum absolute atomic E-state index is 6.12. The number of unbranched alkanes of at least 4 members (excludes halogenated alkanes) is 3. The smallest absolute Gasteiger partial charge is 0.146 e. The minimum atomic E-state index is -1.82. The van der Waals surface area contributed by atoms with Crippen LogP contribution in [0.25, 0.3) is 0 Å². The summed E-state index contributed by atoms with van der Waals surface area (Å²) in [5.41, 5.74) is 0. The average Bonchev–Trinajstić information content (AvgIpc) is 2.04. The van der Waals surface area contributed by atoms with E-state index in [9.17, 15) is 0 Å². The minimum Gasteiger partial charge on any atom is -0.146 e. The fraction of sp³-hybridized carbons (Fsp3) is 0.778. The quantitative estimate of drug-likeness (QED) is 0.255. The fourth-order valence-electron chi connectivity index (χ4n) is 1.03. The highest BCUT2D eigenvalue weighted by molar-refractivity contribution is 7.45. The molecule has 3 heteroatoms. The topological polar surface area (TPSA) is 0 Å². The van der Waals surface area contributed by atoms with Crippen molar-refractivity contribution < 1.29 is 0 Å². The number of hydrogen-bond donors (Lipinski definition) is 0. The number of rotatable bonds is 7. The van der Waals surface area contributed by atoms with E-state index in [-0.39, 0.29) is 0 Å². The van der Waals surface area contributed by atoms with Crippen molar-refractivity contribution in [2.45, 2.75) is 44.7 Å². The first-order valence-corrected chi connectivity index (χ1v) is 9.05. The second kappa shape index (κ2) is 6.99. The van der Waals surface area contributed by atoms with Gasteiger partial charge < -0.3 is 0 Å². The SMILES string of the molecule is C=CCCCCC[Si](Cl)(Cl)CC. The summed E-state index contributed by atoms with van der Waals surface area (Å²) in [4.78, 5) is 0. The Bertz CT molecular complexity index is 124. The van der Waals surface area contributed by atoms with Crippen LogP contribution in [0.1, 0.15) is 32.6 Å². The van der Waals surface area contributed by atoms with Crippen molar-refractivity contribution in [2.24, 2.45) is 0 Å². The molecule has 0 aliphatic carbocycles. The van der Waals surface area contributed by atoms with Gasteiger partial charge in [0.25, 0.3) is 6.69 Å². The van der Waals surface area contributed by atoms with E-state index < -0.39 is 6.69 Å². The van der Waals surface area contributed by atoms with Gasteiger partial charge in [-0.3, -0.25) is 0 Å². The predicted octanol–water partition coefficient (Wildman–Crippen LogP) is 4.67. The van der Waals surface area contributed by atoms with E-state index in [4.69, 9.17) is 22.2 Å². The van der Waals surface area contributed by atoms with Crippen molar-refractivity contribution in [1.29, 1.82) is 0 Å². The number of hydrogen-bond acceptors (Lipinski definition) is 0. The van der Waals surface area contributed by atoms with Gasteiger partial charge in [0.05, 0.1) is 0 Å². The van der Waals surface area contributed by atoms with Crippen LogP contribution in [0.15, 0.2) is 12.7 Å². The summed E-state index contributed by atoms with van der Waals surface area (Å²) in [7, 11) is 0. The van der Waals surface area contributed by atoms with E-state index in [0.717, 1.165) is 18.5 Å². The standard InChI is InChI=1S/C9H18Cl2Si/c1-3-5-6-7-8-9-12(10,11)4-2/h3H,1,4-9H2,2H3. The number of allylic oxidation sites excluding steroid dienone is 1. The second-order valence-electron chi connectivity index (χ2n) is 3.10. The molecule has 0 aromatic carbocycles. The number of halogens is 2. The van der Waals surface area contributed by atoms with E-state index >= 15 is 0 Å². The van der Waals surface area contributed by atoms with Crippen LogP contribution in [0.4, 0.5) is 0 Å². The molecule has 0 radical (unpaired) electrons. The van der Waals surface area contributed by atoms with Crippen LogP contribution < -0.4 is 0 Å². The molecule has 12 heavy (non-hydrogen) atoms. The van der Waals surface area contributed by atoms with Gasteiger partial charge in [0.15, 0.2) is 0 Å². The molecule has 72 valence electrons. The highest BCUT2D eigenvalue weighted by Gasteiger charge is 2.24. The largest absolute Gasteiger partial charge is 0.251 e. The molecule has 0 atom stereocenters. The van der Waals surface area contributed by atoms with Gasteiger partial charge in [0.2, 0.25) is 0 Å². The Balaban J connectivity index is 3.24. The minimum absolute atomic E-state index is 0.970. The predicted molar refractivity (Wildman–Crippen MR) is 61.4 cm³/mol. The van der Waals surface area contributed by atoms with Crippen molar-refractivity contribution in [3.63, 3.8) is 0 Å². The van der Waals surface area contributed by atoms with Gasteiger partial charge in [-0.2, -0.15) is 0 Å². The molecule has 0 saturated heterocycles. The van der Waals surface area contributed by atoms with Gasteiger partial charge in [-0.1, -0.05) is 25.8 Å². The molecule has 0 nitrogen and oxygen atoms in total. The third kappa shape index (κ3) is 7.20. The molecule has 0 aliphatic heterocycles. The van der Waals surface area contributed by atoms with E-state index in [0.29, 0.717) is 0 Å². The van der Waals surface area contributed by atoms with Crippen LogP contribution in [-0.4, -0.2) is 6.69 Å². The summed E-state index contributed by atoms with van der Waals surface area (Å²) >= 11 is 12.2. The zero-order chi connectivity index (χ0) is 9.45. The second-order valence-corrected chi connectivity index (χ2v) is 10.9. The van der Waals surface area contributed by atoms with Gasteiger partial charge in [0.1, 0.15) is 0 Å². The molecule has 0 aliphatic rings. The van der Waals surface area contributed by atoms with Crippen molar-refractivity contribution in [1.82, 2.24) is 0 Å². The van der Waals surface area contributed by atoms with Crippen molar-refractivity contribution in [3.8, 4) is 0 Å². The first-order valence-electron chi connectivity index (χ1n) is 4.61. The normalized spacial score (nSPS) is 11.6. The van der Waals surface area contributed by atoms with Crippen LogP contribution in [0, 0.1) is 0 Å². The lowest BCUT2D eigenvalue weighted by atomic mass is 10.2. The molecule has 0 fully saturated rings.